The molecule has 1 spiro atoms. The normalized spacial score (nSPS) is 33.8. The third kappa shape index (κ3) is 1.54. The van der Waals surface area contributed by atoms with Crippen molar-refractivity contribution in [3.63, 3.8) is 0 Å². The molecule has 0 aliphatic carbocycles. The molecule has 1 amide bonds. The number of nitrogens with zero attached hydrogens (tertiary/aromatic N) is 1. The Kier molecular flexibility index (Phi) is 2.77. The molecule has 2 aliphatic rings. The standard InChI is InChI=1S/C11H20N2O/c1-2-13-8-4-6-11(10(13)14)5-3-7-12-9-11/h12H,2-9H2,1H3. The van der Waals surface area contributed by atoms with Gasteiger partial charge in [-0.15, -0.1) is 0 Å². The van der Waals surface area contributed by atoms with Crippen molar-refractivity contribution >= 4 is 5.91 Å². The van der Waals surface area contributed by atoms with Crippen LogP contribution >= 0.6 is 0 Å². The minimum Gasteiger partial charge on any atom is -0.342 e. The van der Waals surface area contributed by atoms with Gasteiger partial charge in [-0.2, -0.15) is 0 Å². The van der Waals surface area contributed by atoms with Gasteiger partial charge in [-0.25, -0.2) is 0 Å². The van der Waals surface area contributed by atoms with Crippen molar-refractivity contribution in [2.24, 2.45) is 5.41 Å². The van der Waals surface area contributed by atoms with Gasteiger partial charge in [-0.3, -0.25) is 4.79 Å². The van der Waals surface area contributed by atoms with Crippen LogP contribution in [0, 0.1) is 5.41 Å². The number of hydrogen-bond donors (Lipinski definition) is 1. The van der Waals surface area contributed by atoms with E-state index in [-0.39, 0.29) is 5.41 Å². The van der Waals surface area contributed by atoms with Gasteiger partial charge in [0.1, 0.15) is 0 Å². The van der Waals surface area contributed by atoms with E-state index < -0.39 is 0 Å². The van der Waals surface area contributed by atoms with Crippen molar-refractivity contribution in [2.45, 2.75) is 32.6 Å². The second-order valence-corrected chi connectivity index (χ2v) is 4.55. The molecular weight excluding hydrogens is 176 g/mol. The maximum atomic E-state index is 12.2. The maximum Gasteiger partial charge on any atom is 0.230 e. The number of carbonyl (C=O) groups excluding carboxylic acids is 1. The maximum absolute atomic E-state index is 12.2. The molecule has 80 valence electrons. The molecule has 0 aromatic heterocycles. The van der Waals surface area contributed by atoms with Crippen molar-refractivity contribution in [2.75, 3.05) is 26.2 Å². The quantitative estimate of drug-likeness (QED) is 0.678. The highest BCUT2D eigenvalue weighted by Gasteiger charge is 2.43. The summed E-state index contributed by atoms with van der Waals surface area (Å²) in [6.07, 6.45) is 4.52. The van der Waals surface area contributed by atoms with E-state index in [0.29, 0.717) is 5.91 Å². The fourth-order valence-corrected chi connectivity index (χ4v) is 2.82. The minimum atomic E-state index is -0.0352. The molecule has 3 heteroatoms. The van der Waals surface area contributed by atoms with Crippen LogP contribution < -0.4 is 5.32 Å². The lowest BCUT2D eigenvalue weighted by Gasteiger charge is -2.43. The molecule has 1 atom stereocenters. The number of rotatable bonds is 1. The third-order valence-corrected chi connectivity index (χ3v) is 3.68. The second kappa shape index (κ2) is 3.89. The molecule has 1 N–H and O–H groups in total. The van der Waals surface area contributed by atoms with Gasteiger partial charge < -0.3 is 10.2 Å². The summed E-state index contributed by atoms with van der Waals surface area (Å²) in [5.74, 6) is 0.401. The van der Waals surface area contributed by atoms with Gasteiger partial charge in [0.05, 0.1) is 5.41 Å². The van der Waals surface area contributed by atoms with Crippen LogP contribution in [0.4, 0.5) is 0 Å². The van der Waals surface area contributed by atoms with Gasteiger partial charge in [-0.05, 0) is 39.2 Å². The summed E-state index contributed by atoms with van der Waals surface area (Å²) in [5, 5.41) is 3.37. The van der Waals surface area contributed by atoms with Crippen molar-refractivity contribution in [3.05, 3.63) is 0 Å². The summed E-state index contributed by atoms with van der Waals surface area (Å²) in [6, 6.07) is 0. The zero-order valence-electron chi connectivity index (χ0n) is 9.01. The van der Waals surface area contributed by atoms with E-state index in [1.54, 1.807) is 0 Å². The summed E-state index contributed by atoms with van der Waals surface area (Å²) in [4.78, 5) is 14.2. The van der Waals surface area contributed by atoms with Crippen LogP contribution in [0.1, 0.15) is 32.6 Å². The van der Waals surface area contributed by atoms with Gasteiger partial charge >= 0.3 is 0 Å². The second-order valence-electron chi connectivity index (χ2n) is 4.55. The Morgan fingerprint density at radius 1 is 1.43 bits per heavy atom. The Hall–Kier alpha value is -0.570. The molecule has 2 saturated heterocycles. The van der Waals surface area contributed by atoms with Crippen LogP contribution in [0.25, 0.3) is 0 Å². The van der Waals surface area contributed by atoms with Crippen molar-refractivity contribution in [1.82, 2.24) is 10.2 Å². The van der Waals surface area contributed by atoms with Crippen LogP contribution in [0.2, 0.25) is 0 Å². The van der Waals surface area contributed by atoms with Crippen molar-refractivity contribution in [1.29, 1.82) is 0 Å². The van der Waals surface area contributed by atoms with E-state index in [0.717, 1.165) is 45.4 Å². The SMILES string of the molecule is CCN1CCCC2(CCCNC2)C1=O. The van der Waals surface area contributed by atoms with Crippen molar-refractivity contribution < 1.29 is 4.79 Å². The fraction of sp³-hybridized carbons (Fsp3) is 0.909. The molecular formula is C11H20N2O. The first-order valence-electron chi connectivity index (χ1n) is 5.79. The van der Waals surface area contributed by atoms with Crippen LogP contribution in [-0.4, -0.2) is 37.0 Å². The fourth-order valence-electron chi connectivity index (χ4n) is 2.82. The van der Waals surface area contributed by atoms with Crippen LogP contribution in [-0.2, 0) is 4.79 Å². The number of piperidine rings is 2. The molecule has 2 heterocycles. The molecule has 1 unspecified atom stereocenters. The zero-order valence-corrected chi connectivity index (χ0v) is 9.01. The van der Waals surface area contributed by atoms with Gasteiger partial charge in [0.2, 0.25) is 5.91 Å². The molecule has 0 radical (unpaired) electrons. The van der Waals surface area contributed by atoms with Gasteiger partial charge in [-0.1, -0.05) is 0 Å². The lowest BCUT2D eigenvalue weighted by atomic mass is 9.73. The van der Waals surface area contributed by atoms with Crippen molar-refractivity contribution in [3.8, 4) is 0 Å². The predicted octanol–water partition coefficient (Wildman–Crippen LogP) is 0.998. The smallest absolute Gasteiger partial charge is 0.230 e. The molecule has 0 aromatic rings. The molecule has 0 saturated carbocycles. The molecule has 2 aliphatic heterocycles. The van der Waals surface area contributed by atoms with Gasteiger partial charge in [0, 0.05) is 19.6 Å². The van der Waals surface area contributed by atoms with E-state index >= 15 is 0 Å². The highest BCUT2D eigenvalue weighted by molar-refractivity contribution is 5.83. The average molecular weight is 196 g/mol. The van der Waals surface area contributed by atoms with Gasteiger partial charge in [0.15, 0.2) is 0 Å². The first-order chi connectivity index (χ1) is 6.78. The van der Waals surface area contributed by atoms with Gasteiger partial charge in [0.25, 0.3) is 0 Å². The summed E-state index contributed by atoms with van der Waals surface area (Å²) >= 11 is 0. The molecule has 2 rings (SSSR count). The number of carbonyl (C=O) groups is 1. The van der Waals surface area contributed by atoms with Crippen LogP contribution in [0.5, 0.6) is 0 Å². The Balaban J connectivity index is 2.12. The summed E-state index contributed by atoms with van der Waals surface area (Å²) < 4.78 is 0. The Morgan fingerprint density at radius 3 is 2.86 bits per heavy atom. The summed E-state index contributed by atoms with van der Waals surface area (Å²) in [7, 11) is 0. The Morgan fingerprint density at radius 2 is 2.21 bits per heavy atom. The molecule has 0 bridgehead atoms. The Bertz CT molecular complexity index is 216. The number of likely N-dealkylation sites (tertiary alicyclic amines) is 1. The lowest BCUT2D eigenvalue weighted by Crippen LogP contribution is -2.55. The number of hydrogen-bond acceptors (Lipinski definition) is 2. The lowest BCUT2D eigenvalue weighted by molar-refractivity contribution is -0.147. The summed E-state index contributed by atoms with van der Waals surface area (Å²) in [5.41, 5.74) is -0.0352. The first-order valence-corrected chi connectivity index (χ1v) is 5.79. The highest BCUT2D eigenvalue weighted by atomic mass is 16.2. The minimum absolute atomic E-state index is 0.0352. The highest BCUT2D eigenvalue weighted by Crippen LogP contribution is 2.36. The van der Waals surface area contributed by atoms with E-state index in [4.69, 9.17) is 0 Å². The predicted molar refractivity (Wildman–Crippen MR) is 56.0 cm³/mol. The number of amides is 1. The number of nitrogens with one attached hydrogen (secondary N) is 1. The average Bonchev–Trinajstić information content (AvgIpc) is 2.24. The van der Waals surface area contributed by atoms with E-state index in [9.17, 15) is 4.79 Å². The molecule has 3 nitrogen and oxygen atoms in total. The van der Waals surface area contributed by atoms with E-state index in [1.165, 1.54) is 6.42 Å². The first kappa shape index (κ1) is 9.97. The Labute approximate surface area is 85.8 Å². The summed E-state index contributed by atoms with van der Waals surface area (Å²) in [6.45, 7) is 5.91. The molecule has 14 heavy (non-hydrogen) atoms. The van der Waals surface area contributed by atoms with E-state index in [2.05, 4.69) is 12.2 Å². The van der Waals surface area contributed by atoms with Crippen LogP contribution in [0.15, 0.2) is 0 Å². The molecule has 2 fully saturated rings. The molecule has 0 aromatic carbocycles. The zero-order chi connectivity index (χ0) is 10.0. The largest absolute Gasteiger partial charge is 0.342 e. The topological polar surface area (TPSA) is 32.3 Å². The van der Waals surface area contributed by atoms with E-state index in [1.807, 2.05) is 4.90 Å². The van der Waals surface area contributed by atoms with Crippen LogP contribution in [0.3, 0.4) is 0 Å². The third-order valence-electron chi connectivity index (χ3n) is 3.68. The monoisotopic (exact) mass is 196 g/mol.